The van der Waals surface area contributed by atoms with Crippen LogP contribution < -0.4 is 10.6 Å². The summed E-state index contributed by atoms with van der Waals surface area (Å²) in [6.07, 6.45) is -1.60. The molecule has 0 spiro atoms. The lowest BCUT2D eigenvalue weighted by Gasteiger charge is -2.28. The Balaban J connectivity index is 5.76. The number of carboxylic acids is 4. The Kier molecular flexibility index (Phi) is 12.2. The fraction of sp³-hybridized carbons (Fsp3) is 0.632. The number of aliphatic carboxylic acids is 4. The largest absolute Gasteiger partial charge is 0.481 e. The minimum Gasteiger partial charge on any atom is -0.481 e. The van der Waals surface area contributed by atoms with Gasteiger partial charge in [0.05, 0.1) is 12.0 Å². The monoisotopic (exact) mass is 460 g/mol. The molecule has 0 aliphatic rings. The third kappa shape index (κ3) is 10.5. The van der Waals surface area contributed by atoms with Gasteiger partial charge in [0.15, 0.2) is 5.78 Å². The van der Waals surface area contributed by atoms with E-state index in [-0.39, 0.29) is 19.3 Å². The number of amides is 2. The van der Waals surface area contributed by atoms with Crippen LogP contribution in [0.3, 0.4) is 0 Å². The van der Waals surface area contributed by atoms with Gasteiger partial charge in [-0.05, 0) is 18.8 Å². The van der Waals surface area contributed by atoms with Crippen molar-refractivity contribution >= 4 is 41.5 Å². The maximum atomic E-state index is 13.1. The van der Waals surface area contributed by atoms with E-state index in [9.17, 15) is 38.7 Å². The average molecular weight is 460 g/mol. The number of carboxylic acid groups (broad SMARTS) is 4. The first kappa shape index (κ1) is 28.5. The molecule has 0 aliphatic heterocycles. The van der Waals surface area contributed by atoms with Gasteiger partial charge in [-0.25, -0.2) is 0 Å². The predicted molar refractivity (Wildman–Crippen MR) is 105 cm³/mol. The molecule has 0 saturated carbocycles. The third-order valence-corrected chi connectivity index (χ3v) is 4.83. The maximum Gasteiger partial charge on any atom is 0.322 e. The van der Waals surface area contributed by atoms with E-state index in [0.717, 1.165) is 0 Å². The average Bonchev–Trinajstić information content (AvgIpc) is 2.68. The van der Waals surface area contributed by atoms with Gasteiger partial charge in [-0.1, -0.05) is 13.8 Å². The van der Waals surface area contributed by atoms with E-state index >= 15 is 0 Å². The summed E-state index contributed by atoms with van der Waals surface area (Å²) >= 11 is 0. The highest BCUT2D eigenvalue weighted by molar-refractivity contribution is 6.06. The van der Waals surface area contributed by atoms with E-state index < -0.39 is 84.7 Å². The summed E-state index contributed by atoms with van der Waals surface area (Å²) in [5.74, 6) is -11.9. The topological polar surface area (TPSA) is 224 Å². The van der Waals surface area contributed by atoms with Crippen molar-refractivity contribution in [1.82, 2.24) is 10.6 Å². The van der Waals surface area contributed by atoms with Crippen LogP contribution in [0.1, 0.15) is 46.0 Å². The first-order valence-corrected chi connectivity index (χ1v) is 9.76. The van der Waals surface area contributed by atoms with Crippen molar-refractivity contribution in [3.63, 3.8) is 0 Å². The second-order valence-electron chi connectivity index (χ2n) is 7.28. The Labute approximate surface area is 183 Å². The quantitative estimate of drug-likeness (QED) is 0.158. The molecule has 0 bridgehead atoms. The van der Waals surface area contributed by atoms with Gasteiger partial charge in [0, 0.05) is 19.3 Å². The lowest BCUT2D eigenvalue weighted by molar-refractivity contribution is -0.148. The molecule has 32 heavy (non-hydrogen) atoms. The van der Waals surface area contributed by atoms with Crippen LogP contribution in [0.15, 0.2) is 0 Å². The highest BCUT2D eigenvalue weighted by Crippen LogP contribution is 2.25. The van der Waals surface area contributed by atoms with E-state index in [0.29, 0.717) is 0 Å². The van der Waals surface area contributed by atoms with Crippen molar-refractivity contribution in [1.29, 1.82) is 0 Å². The molecular formula is C19H28N2O11. The summed E-state index contributed by atoms with van der Waals surface area (Å²) in [7, 11) is 0. The molecule has 0 heterocycles. The number of ketones is 1. The number of carbonyl (C=O) groups excluding carboxylic acids is 3. The van der Waals surface area contributed by atoms with Crippen LogP contribution >= 0.6 is 0 Å². The summed E-state index contributed by atoms with van der Waals surface area (Å²) < 4.78 is 0. The van der Waals surface area contributed by atoms with Crippen molar-refractivity contribution in [3.05, 3.63) is 0 Å². The molecule has 0 aromatic rings. The molecule has 0 aromatic heterocycles. The third-order valence-electron chi connectivity index (χ3n) is 4.83. The standard InChI is InChI=1S/C19H28N2O11/c1-9(10(2)19(31)32)16(18(30)20-8-15(27)28)17(29)11(6-7-14(25)26)21-12(22)4-3-5-13(23)24/h9-11,16H,3-8H2,1-2H3,(H,20,30)(H,21,22)(H,23,24)(H,25,26)(H,27,28)(H,31,32). The molecule has 0 aliphatic carbocycles. The Morgan fingerprint density at radius 2 is 1.34 bits per heavy atom. The zero-order chi connectivity index (χ0) is 25.0. The van der Waals surface area contributed by atoms with E-state index in [2.05, 4.69) is 5.32 Å². The molecule has 0 saturated heterocycles. The molecule has 2 amide bonds. The minimum absolute atomic E-state index is 0.0456. The van der Waals surface area contributed by atoms with Crippen LogP contribution in [0.25, 0.3) is 0 Å². The van der Waals surface area contributed by atoms with E-state index in [4.69, 9.17) is 15.3 Å². The van der Waals surface area contributed by atoms with Crippen molar-refractivity contribution < 1.29 is 54.0 Å². The van der Waals surface area contributed by atoms with Gasteiger partial charge in [-0.3, -0.25) is 33.6 Å². The Morgan fingerprint density at radius 3 is 1.81 bits per heavy atom. The molecule has 13 nitrogen and oxygen atoms in total. The summed E-state index contributed by atoms with van der Waals surface area (Å²) in [4.78, 5) is 81.4. The minimum atomic E-state index is -1.68. The number of hydrogen-bond donors (Lipinski definition) is 6. The molecule has 0 rings (SSSR count). The van der Waals surface area contributed by atoms with Gasteiger partial charge >= 0.3 is 23.9 Å². The maximum absolute atomic E-state index is 13.1. The number of hydrogen-bond acceptors (Lipinski definition) is 7. The van der Waals surface area contributed by atoms with Crippen molar-refractivity contribution in [2.75, 3.05) is 6.54 Å². The van der Waals surface area contributed by atoms with E-state index in [1.165, 1.54) is 13.8 Å². The van der Waals surface area contributed by atoms with Crippen molar-refractivity contribution in [2.45, 2.75) is 52.0 Å². The highest BCUT2D eigenvalue weighted by atomic mass is 16.4. The van der Waals surface area contributed by atoms with Crippen LogP contribution in [-0.2, 0) is 33.6 Å². The fourth-order valence-electron chi connectivity index (χ4n) is 2.85. The molecule has 13 heteroatoms. The van der Waals surface area contributed by atoms with E-state index in [1.54, 1.807) is 0 Å². The number of carbonyl (C=O) groups is 7. The Hall–Kier alpha value is -3.51. The van der Waals surface area contributed by atoms with Gasteiger partial charge in [0.1, 0.15) is 12.5 Å². The molecular weight excluding hydrogens is 432 g/mol. The Bertz CT molecular complexity index is 750. The molecule has 0 radical (unpaired) electrons. The van der Waals surface area contributed by atoms with Crippen molar-refractivity contribution in [2.24, 2.45) is 17.8 Å². The number of rotatable bonds is 16. The van der Waals surface area contributed by atoms with Crippen LogP contribution in [0.5, 0.6) is 0 Å². The van der Waals surface area contributed by atoms with Gasteiger partial charge in [0.2, 0.25) is 11.8 Å². The predicted octanol–water partition coefficient (Wildman–Crippen LogP) is -0.666. The Morgan fingerprint density at radius 1 is 0.781 bits per heavy atom. The lowest BCUT2D eigenvalue weighted by Crippen LogP contribution is -2.51. The molecule has 0 aromatic carbocycles. The van der Waals surface area contributed by atoms with Crippen LogP contribution in [0, 0.1) is 17.8 Å². The summed E-state index contributed by atoms with van der Waals surface area (Å²) in [5, 5.41) is 39.9. The summed E-state index contributed by atoms with van der Waals surface area (Å²) in [6.45, 7) is 1.71. The summed E-state index contributed by atoms with van der Waals surface area (Å²) in [5.41, 5.74) is 0. The SMILES string of the molecule is CC(C(=O)O)C(C)C(C(=O)NCC(=O)O)C(=O)C(CCC(=O)O)NC(=O)CCCC(=O)O. The molecule has 180 valence electrons. The van der Waals surface area contributed by atoms with Crippen molar-refractivity contribution in [3.8, 4) is 0 Å². The fourth-order valence-corrected chi connectivity index (χ4v) is 2.85. The molecule has 6 N–H and O–H groups in total. The number of Topliss-reactive ketones (excluding diaryl/α,β-unsaturated/α-hetero) is 1. The molecule has 4 atom stereocenters. The first-order chi connectivity index (χ1) is 14.8. The van der Waals surface area contributed by atoms with E-state index in [1.807, 2.05) is 5.32 Å². The second-order valence-corrected chi connectivity index (χ2v) is 7.28. The normalized spacial score (nSPS) is 14.3. The van der Waals surface area contributed by atoms with Gasteiger partial charge < -0.3 is 31.1 Å². The highest BCUT2D eigenvalue weighted by Gasteiger charge is 2.41. The van der Waals surface area contributed by atoms with Gasteiger partial charge in [-0.2, -0.15) is 0 Å². The smallest absolute Gasteiger partial charge is 0.322 e. The lowest BCUT2D eigenvalue weighted by atomic mass is 9.78. The van der Waals surface area contributed by atoms with Crippen LogP contribution in [0.2, 0.25) is 0 Å². The molecule has 4 unspecified atom stereocenters. The zero-order valence-corrected chi connectivity index (χ0v) is 17.7. The number of nitrogens with one attached hydrogen (secondary N) is 2. The van der Waals surface area contributed by atoms with Crippen LogP contribution in [0.4, 0.5) is 0 Å². The first-order valence-electron chi connectivity index (χ1n) is 9.76. The second kappa shape index (κ2) is 13.7. The molecule has 0 fully saturated rings. The van der Waals surface area contributed by atoms with Gasteiger partial charge in [-0.15, -0.1) is 0 Å². The van der Waals surface area contributed by atoms with Gasteiger partial charge in [0.25, 0.3) is 0 Å². The van der Waals surface area contributed by atoms with Crippen LogP contribution in [-0.4, -0.2) is 74.5 Å². The zero-order valence-electron chi connectivity index (χ0n) is 17.7. The summed E-state index contributed by atoms with van der Waals surface area (Å²) in [6, 6.07) is -1.48.